The lowest BCUT2D eigenvalue weighted by Gasteiger charge is -2.21. The highest BCUT2D eigenvalue weighted by atomic mass is 19.3. The van der Waals surface area contributed by atoms with Crippen molar-refractivity contribution in [2.75, 3.05) is 6.54 Å². The molecule has 4 nitrogen and oxygen atoms in total. The van der Waals surface area contributed by atoms with Crippen LogP contribution in [0.3, 0.4) is 0 Å². The fourth-order valence-electron chi connectivity index (χ4n) is 1.45. The molecule has 0 aliphatic heterocycles. The van der Waals surface area contributed by atoms with Crippen molar-refractivity contribution in [1.29, 1.82) is 0 Å². The van der Waals surface area contributed by atoms with Gasteiger partial charge in [0, 0.05) is 6.54 Å². The average molecular weight is 287 g/mol. The highest BCUT2D eigenvalue weighted by Gasteiger charge is 2.18. The van der Waals surface area contributed by atoms with Gasteiger partial charge in [-0.05, 0) is 31.0 Å². The molecule has 0 saturated carbocycles. The molecule has 1 rings (SSSR count). The van der Waals surface area contributed by atoms with Gasteiger partial charge in [-0.15, -0.1) is 0 Å². The maximum absolute atomic E-state index is 12.0. The topological polar surface area (TPSA) is 58.6 Å². The normalized spacial score (nSPS) is 13.9. The van der Waals surface area contributed by atoms with Gasteiger partial charge < -0.3 is 15.2 Å². The molecule has 112 valence electrons. The number of alkyl halides is 2. The fourth-order valence-corrected chi connectivity index (χ4v) is 1.45. The Morgan fingerprint density at radius 2 is 2.00 bits per heavy atom. The fraction of sp³-hybridized carbons (Fsp3) is 0.500. The van der Waals surface area contributed by atoms with Crippen molar-refractivity contribution in [3.63, 3.8) is 0 Å². The van der Waals surface area contributed by atoms with Gasteiger partial charge in [-0.1, -0.05) is 19.1 Å². The Bertz CT molecular complexity index is 433. The second-order valence-corrected chi connectivity index (χ2v) is 4.83. The van der Waals surface area contributed by atoms with Crippen LogP contribution in [0.1, 0.15) is 25.8 Å². The summed E-state index contributed by atoms with van der Waals surface area (Å²) in [4.78, 5) is 11.7. The summed E-state index contributed by atoms with van der Waals surface area (Å²) in [5, 5.41) is 12.4. The number of benzene rings is 1. The first-order valence-electron chi connectivity index (χ1n) is 6.35. The predicted octanol–water partition coefficient (Wildman–Crippen LogP) is 2.11. The van der Waals surface area contributed by atoms with E-state index in [2.05, 4.69) is 10.1 Å². The molecule has 1 unspecified atom stereocenters. The molecule has 0 radical (unpaired) electrons. The van der Waals surface area contributed by atoms with Crippen LogP contribution in [0.2, 0.25) is 0 Å². The SMILES string of the molecule is CCC(C)(O)CNC(=O)Cc1ccc(OC(F)F)cc1. The van der Waals surface area contributed by atoms with E-state index in [1.165, 1.54) is 12.1 Å². The maximum atomic E-state index is 12.0. The summed E-state index contributed by atoms with van der Waals surface area (Å²) < 4.78 is 28.1. The number of halogens is 2. The van der Waals surface area contributed by atoms with Gasteiger partial charge in [0.2, 0.25) is 5.91 Å². The molecule has 6 heteroatoms. The predicted molar refractivity (Wildman–Crippen MR) is 70.7 cm³/mol. The smallest absolute Gasteiger partial charge is 0.387 e. The average Bonchev–Trinajstić information content (AvgIpc) is 2.38. The van der Waals surface area contributed by atoms with E-state index in [9.17, 15) is 18.7 Å². The molecule has 0 fully saturated rings. The van der Waals surface area contributed by atoms with E-state index in [0.29, 0.717) is 12.0 Å². The summed E-state index contributed by atoms with van der Waals surface area (Å²) in [5.41, 5.74) is -0.245. The molecule has 0 spiro atoms. The Morgan fingerprint density at radius 1 is 1.40 bits per heavy atom. The molecule has 0 saturated heterocycles. The third-order valence-electron chi connectivity index (χ3n) is 2.94. The molecular weight excluding hydrogens is 268 g/mol. The number of ether oxygens (including phenoxy) is 1. The van der Waals surface area contributed by atoms with E-state index in [4.69, 9.17) is 0 Å². The van der Waals surface area contributed by atoms with Crippen molar-refractivity contribution in [2.45, 2.75) is 38.9 Å². The molecule has 1 amide bonds. The minimum Gasteiger partial charge on any atom is -0.435 e. The van der Waals surface area contributed by atoms with Crippen LogP contribution in [0.5, 0.6) is 5.75 Å². The molecule has 0 aliphatic rings. The molecule has 0 aromatic heterocycles. The number of rotatable bonds is 7. The molecule has 1 aromatic rings. The summed E-state index contributed by atoms with van der Waals surface area (Å²) in [7, 11) is 0. The van der Waals surface area contributed by atoms with Crippen LogP contribution in [-0.2, 0) is 11.2 Å². The van der Waals surface area contributed by atoms with Crippen LogP contribution in [0.4, 0.5) is 8.78 Å². The van der Waals surface area contributed by atoms with Crippen LogP contribution in [-0.4, -0.2) is 29.8 Å². The van der Waals surface area contributed by atoms with Crippen molar-refractivity contribution >= 4 is 5.91 Å². The quantitative estimate of drug-likeness (QED) is 0.807. The van der Waals surface area contributed by atoms with E-state index in [0.717, 1.165) is 0 Å². The van der Waals surface area contributed by atoms with Crippen LogP contribution < -0.4 is 10.1 Å². The summed E-state index contributed by atoms with van der Waals surface area (Å²) in [6.07, 6.45) is 0.654. The van der Waals surface area contributed by atoms with Gasteiger partial charge in [0.25, 0.3) is 0 Å². The van der Waals surface area contributed by atoms with E-state index < -0.39 is 12.2 Å². The third kappa shape index (κ3) is 5.97. The number of hydrogen-bond acceptors (Lipinski definition) is 3. The van der Waals surface area contributed by atoms with Crippen molar-refractivity contribution in [2.24, 2.45) is 0 Å². The van der Waals surface area contributed by atoms with Crippen LogP contribution in [0.15, 0.2) is 24.3 Å². The number of aliphatic hydroxyl groups is 1. The van der Waals surface area contributed by atoms with Gasteiger partial charge in [0.15, 0.2) is 0 Å². The number of hydrogen-bond donors (Lipinski definition) is 2. The lowest BCUT2D eigenvalue weighted by Crippen LogP contribution is -2.40. The second-order valence-electron chi connectivity index (χ2n) is 4.83. The second kappa shape index (κ2) is 7.19. The van der Waals surface area contributed by atoms with E-state index in [-0.39, 0.29) is 24.6 Å². The molecule has 1 atom stereocenters. The molecular formula is C14H19F2NO3. The lowest BCUT2D eigenvalue weighted by atomic mass is 10.0. The van der Waals surface area contributed by atoms with E-state index in [1.807, 2.05) is 6.92 Å². The summed E-state index contributed by atoms with van der Waals surface area (Å²) in [6, 6.07) is 5.87. The Kier molecular flexibility index (Phi) is 5.88. The first kappa shape index (κ1) is 16.4. The molecule has 20 heavy (non-hydrogen) atoms. The Labute approximate surface area is 116 Å². The van der Waals surface area contributed by atoms with Crippen molar-refractivity contribution < 1.29 is 23.4 Å². The first-order valence-corrected chi connectivity index (χ1v) is 6.35. The molecule has 0 heterocycles. The minimum atomic E-state index is -2.86. The zero-order valence-corrected chi connectivity index (χ0v) is 11.5. The molecule has 0 bridgehead atoms. The van der Waals surface area contributed by atoms with Crippen LogP contribution in [0, 0.1) is 0 Å². The largest absolute Gasteiger partial charge is 0.435 e. The van der Waals surface area contributed by atoms with Gasteiger partial charge in [0.1, 0.15) is 5.75 Å². The summed E-state index contributed by atoms with van der Waals surface area (Å²) in [6.45, 7) is 0.785. The molecule has 1 aromatic carbocycles. The molecule has 2 N–H and O–H groups in total. The summed E-state index contributed by atoms with van der Waals surface area (Å²) >= 11 is 0. The van der Waals surface area contributed by atoms with Crippen LogP contribution in [0.25, 0.3) is 0 Å². The highest BCUT2D eigenvalue weighted by Crippen LogP contribution is 2.15. The lowest BCUT2D eigenvalue weighted by molar-refractivity contribution is -0.121. The Balaban J connectivity index is 2.46. The van der Waals surface area contributed by atoms with Gasteiger partial charge in [-0.3, -0.25) is 4.79 Å². The highest BCUT2D eigenvalue weighted by molar-refractivity contribution is 5.78. The van der Waals surface area contributed by atoms with E-state index >= 15 is 0 Å². The van der Waals surface area contributed by atoms with Gasteiger partial charge in [-0.2, -0.15) is 8.78 Å². The third-order valence-corrected chi connectivity index (χ3v) is 2.94. The van der Waals surface area contributed by atoms with Crippen LogP contribution >= 0.6 is 0 Å². The van der Waals surface area contributed by atoms with Crippen molar-refractivity contribution in [1.82, 2.24) is 5.32 Å². The summed E-state index contributed by atoms with van der Waals surface area (Å²) in [5.74, 6) is -0.181. The van der Waals surface area contributed by atoms with Gasteiger partial charge in [-0.25, -0.2) is 0 Å². The molecule has 0 aliphatic carbocycles. The first-order chi connectivity index (χ1) is 9.32. The monoisotopic (exact) mass is 287 g/mol. The van der Waals surface area contributed by atoms with Gasteiger partial charge in [0.05, 0.1) is 12.0 Å². The zero-order valence-electron chi connectivity index (χ0n) is 11.5. The van der Waals surface area contributed by atoms with Crippen molar-refractivity contribution in [3.05, 3.63) is 29.8 Å². The maximum Gasteiger partial charge on any atom is 0.387 e. The number of carbonyl (C=O) groups excluding carboxylic acids is 1. The van der Waals surface area contributed by atoms with Gasteiger partial charge >= 0.3 is 6.61 Å². The van der Waals surface area contributed by atoms with E-state index in [1.54, 1.807) is 19.1 Å². The Morgan fingerprint density at radius 3 is 2.50 bits per heavy atom. The zero-order chi connectivity index (χ0) is 15.2. The standard InChI is InChI=1S/C14H19F2NO3/c1-3-14(2,19)9-17-12(18)8-10-4-6-11(7-5-10)20-13(15)16/h4-7,13,19H,3,8-9H2,1-2H3,(H,17,18). The number of amides is 1. The minimum absolute atomic E-state index is 0.0538. The number of nitrogens with one attached hydrogen (secondary N) is 1. The Hall–Kier alpha value is -1.69. The number of carbonyl (C=O) groups is 1. The van der Waals surface area contributed by atoms with Crippen molar-refractivity contribution in [3.8, 4) is 5.75 Å².